The second kappa shape index (κ2) is 6.37. The Bertz CT molecular complexity index is 386. The van der Waals surface area contributed by atoms with Crippen LogP contribution in [0.25, 0.3) is 0 Å². The summed E-state index contributed by atoms with van der Waals surface area (Å²) < 4.78 is 11.3. The van der Waals surface area contributed by atoms with Gasteiger partial charge in [-0.3, -0.25) is 11.3 Å². The zero-order valence-corrected chi connectivity index (χ0v) is 11.8. The standard InChI is InChI=1S/C15H24N2O2/c1-3-19-13-8-6-12(7-9-13)14(17-16)15(18-2)10-4-5-11-15/h6-9,14,17H,3-5,10-11,16H2,1-2H3. The average Bonchev–Trinajstić information content (AvgIpc) is 2.92. The second-order valence-corrected chi connectivity index (χ2v) is 5.08. The van der Waals surface area contributed by atoms with Crippen molar-refractivity contribution in [2.75, 3.05) is 13.7 Å². The molecule has 0 amide bonds. The first-order valence-electron chi connectivity index (χ1n) is 7.00. The second-order valence-electron chi connectivity index (χ2n) is 5.08. The van der Waals surface area contributed by atoms with E-state index in [-0.39, 0.29) is 11.6 Å². The van der Waals surface area contributed by atoms with Crippen molar-refractivity contribution < 1.29 is 9.47 Å². The number of ether oxygens (including phenoxy) is 2. The lowest BCUT2D eigenvalue weighted by atomic mass is 9.87. The van der Waals surface area contributed by atoms with E-state index in [0.717, 1.165) is 24.2 Å². The summed E-state index contributed by atoms with van der Waals surface area (Å²) in [5.41, 5.74) is 3.91. The smallest absolute Gasteiger partial charge is 0.119 e. The van der Waals surface area contributed by atoms with Gasteiger partial charge in [-0.05, 0) is 37.5 Å². The molecule has 1 aliphatic carbocycles. The molecular formula is C15H24N2O2. The summed E-state index contributed by atoms with van der Waals surface area (Å²) >= 11 is 0. The highest BCUT2D eigenvalue weighted by Gasteiger charge is 2.41. The number of benzene rings is 1. The van der Waals surface area contributed by atoms with E-state index < -0.39 is 0 Å². The Labute approximate surface area is 115 Å². The predicted molar refractivity (Wildman–Crippen MR) is 75.9 cm³/mol. The van der Waals surface area contributed by atoms with Crippen LogP contribution >= 0.6 is 0 Å². The highest BCUT2D eigenvalue weighted by molar-refractivity contribution is 5.31. The van der Waals surface area contributed by atoms with E-state index in [0.29, 0.717) is 6.61 Å². The monoisotopic (exact) mass is 264 g/mol. The van der Waals surface area contributed by atoms with E-state index in [1.54, 1.807) is 7.11 Å². The van der Waals surface area contributed by atoms with Gasteiger partial charge in [0.1, 0.15) is 5.75 Å². The molecule has 0 bridgehead atoms. The minimum Gasteiger partial charge on any atom is -0.494 e. The Morgan fingerprint density at radius 1 is 1.26 bits per heavy atom. The van der Waals surface area contributed by atoms with Gasteiger partial charge in [0.05, 0.1) is 18.2 Å². The molecule has 2 rings (SSSR count). The summed E-state index contributed by atoms with van der Waals surface area (Å²) in [7, 11) is 1.78. The minimum absolute atomic E-state index is 0.0238. The minimum atomic E-state index is -0.179. The van der Waals surface area contributed by atoms with Crippen molar-refractivity contribution >= 4 is 0 Å². The van der Waals surface area contributed by atoms with Crippen molar-refractivity contribution in [2.45, 2.75) is 44.2 Å². The van der Waals surface area contributed by atoms with Crippen LogP contribution < -0.4 is 16.0 Å². The summed E-state index contributed by atoms with van der Waals surface area (Å²) in [6, 6.07) is 8.13. The summed E-state index contributed by atoms with van der Waals surface area (Å²) in [6.07, 6.45) is 4.49. The Kier molecular flexibility index (Phi) is 4.80. The van der Waals surface area contributed by atoms with Crippen LogP contribution in [-0.2, 0) is 4.74 Å². The van der Waals surface area contributed by atoms with Gasteiger partial charge >= 0.3 is 0 Å². The number of hydrazine groups is 1. The molecule has 0 heterocycles. The molecule has 0 aliphatic heterocycles. The number of hydrogen-bond acceptors (Lipinski definition) is 4. The highest BCUT2D eigenvalue weighted by atomic mass is 16.5. The van der Waals surface area contributed by atoms with Crippen molar-refractivity contribution in [3.8, 4) is 5.75 Å². The molecule has 1 unspecified atom stereocenters. The fourth-order valence-corrected chi connectivity index (χ4v) is 3.06. The van der Waals surface area contributed by atoms with Gasteiger partial charge in [0, 0.05) is 7.11 Å². The maximum atomic E-state index is 5.81. The van der Waals surface area contributed by atoms with Crippen LogP contribution in [-0.4, -0.2) is 19.3 Å². The molecular weight excluding hydrogens is 240 g/mol. The Morgan fingerprint density at radius 3 is 2.37 bits per heavy atom. The number of methoxy groups -OCH3 is 1. The number of nitrogens with one attached hydrogen (secondary N) is 1. The van der Waals surface area contributed by atoms with Gasteiger partial charge in [0.25, 0.3) is 0 Å². The van der Waals surface area contributed by atoms with Gasteiger partial charge in [-0.15, -0.1) is 0 Å². The lowest BCUT2D eigenvalue weighted by molar-refractivity contribution is -0.0368. The fraction of sp³-hybridized carbons (Fsp3) is 0.600. The van der Waals surface area contributed by atoms with Gasteiger partial charge in [-0.2, -0.15) is 0 Å². The molecule has 1 aromatic carbocycles. The van der Waals surface area contributed by atoms with E-state index in [9.17, 15) is 0 Å². The van der Waals surface area contributed by atoms with Crippen molar-refractivity contribution in [3.05, 3.63) is 29.8 Å². The zero-order chi connectivity index (χ0) is 13.7. The molecule has 1 aromatic rings. The van der Waals surface area contributed by atoms with Crippen LogP contribution in [0.3, 0.4) is 0 Å². The van der Waals surface area contributed by atoms with E-state index in [2.05, 4.69) is 17.6 Å². The molecule has 1 atom stereocenters. The van der Waals surface area contributed by atoms with Crippen molar-refractivity contribution in [1.82, 2.24) is 5.43 Å². The van der Waals surface area contributed by atoms with Gasteiger partial charge in [-0.1, -0.05) is 25.0 Å². The summed E-state index contributed by atoms with van der Waals surface area (Å²) in [4.78, 5) is 0. The molecule has 0 spiro atoms. The van der Waals surface area contributed by atoms with E-state index in [4.69, 9.17) is 15.3 Å². The lowest BCUT2D eigenvalue weighted by Gasteiger charge is -2.36. The SMILES string of the molecule is CCOc1ccc(C(NN)C2(OC)CCCC2)cc1. The molecule has 19 heavy (non-hydrogen) atoms. The Hall–Kier alpha value is -1.10. The zero-order valence-electron chi connectivity index (χ0n) is 11.8. The van der Waals surface area contributed by atoms with E-state index in [1.165, 1.54) is 12.8 Å². The normalized spacial score (nSPS) is 19.3. The van der Waals surface area contributed by atoms with Crippen LogP contribution in [0.15, 0.2) is 24.3 Å². The van der Waals surface area contributed by atoms with Gasteiger partial charge in [0.2, 0.25) is 0 Å². The number of nitrogens with two attached hydrogens (primary N) is 1. The number of rotatable bonds is 6. The molecule has 0 saturated heterocycles. The maximum absolute atomic E-state index is 5.81. The third kappa shape index (κ3) is 2.91. The largest absolute Gasteiger partial charge is 0.494 e. The third-order valence-corrected chi connectivity index (χ3v) is 4.07. The first kappa shape index (κ1) is 14.3. The molecule has 0 aromatic heterocycles. The van der Waals surface area contributed by atoms with Crippen LogP contribution in [0.5, 0.6) is 5.75 Å². The summed E-state index contributed by atoms with van der Waals surface area (Å²) in [5, 5.41) is 0. The number of hydrogen-bond donors (Lipinski definition) is 2. The molecule has 106 valence electrons. The molecule has 1 fully saturated rings. The van der Waals surface area contributed by atoms with Crippen LogP contribution in [0, 0.1) is 0 Å². The molecule has 4 nitrogen and oxygen atoms in total. The third-order valence-electron chi connectivity index (χ3n) is 4.07. The summed E-state index contributed by atoms with van der Waals surface area (Å²) in [6.45, 7) is 2.66. The average molecular weight is 264 g/mol. The Balaban J connectivity index is 2.21. The topological polar surface area (TPSA) is 56.5 Å². The molecule has 1 aliphatic rings. The van der Waals surface area contributed by atoms with Gasteiger partial charge in [0.15, 0.2) is 0 Å². The van der Waals surface area contributed by atoms with Crippen LogP contribution in [0.4, 0.5) is 0 Å². The Morgan fingerprint density at radius 2 is 1.89 bits per heavy atom. The van der Waals surface area contributed by atoms with E-state index in [1.807, 2.05) is 19.1 Å². The molecule has 3 N–H and O–H groups in total. The van der Waals surface area contributed by atoms with Crippen molar-refractivity contribution in [2.24, 2.45) is 5.84 Å². The van der Waals surface area contributed by atoms with Crippen LogP contribution in [0.1, 0.15) is 44.2 Å². The molecule has 4 heteroatoms. The van der Waals surface area contributed by atoms with Crippen LogP contribution in [0.2, 0.25) is 0 Å². The molecule has 0 radical (unpaired) electrons. The predicted octanol–water partition coefficient (Wildman–Crippen LogP) is 2.55. The highest BCUT2D eigenvalue weighted by Crippen LogP contribution is 2.42. The maximum Gasteiger partial charge on any atom is 0.119 e. The quantitative estimate of drug-likeness (QED) is 0.612. The fourth-order valence-electron chi connectivity index (χ4n) is 3.06. The lowest BCUT2D eigenvalue weighted by Crippen LogP contribution is -2.46. The van der Waals surface area contributed by atoms with Gasteiger partial charge < -0.3 is 9.47 Å². The van der Waals surface area contributed by atoms with Crippen molar-refractivity contribution in [3.63, 3.8) is 0 Å². The first-order chi connectivity index (χ1) is 9.25. The van der Waals surface area contributed by atoms with Crippen molar-refractivity contribution in [1.29, 1.82) is 0 Å². The van der Waals surface area contributed by atoms with E-state index >= 15 is 0 Å². The van der Waals surface area contributed by atoms with Gasteiger partial charge in [-0.25, -0.2) is 0 Å². The molecule has 1 saturated carbocycles. The summed E-state index contributed by atoms with van der Waals surface area (Å²) in [5.74, 6) is 6.67. The first-order valence-corrected chi connectivity index (χ1v) is 7.00.